The minimum atomic E-state index is -0.492. The average Bonchev–Trinajstić information content (AvgIpc) is 2.72. The molecule has 20 heavy (non-hydrogen) atoms. The third kappa shape index (κ3) is 2.25. The molecule has 4 nitrogen and oxygen atoms in total. The monoisotopic (exact) mass is 297 g/mol. The zero-order valence-electron chi connectivity index (χ0n) is 13.2. The van der Waals surface area contributed by atoms with E-state index >= 15 is 0 Å². The summed E-state index contributed by atoms with van der Waals surface area (Å²) in [6, 6.07) is 0. The SMILES string of the molecule is CN1CCC(NC(=O)C2C(C)(C)C2(C)C)(C(N)=S)CC1. The Labute approximate surface area is 127 Å². The second-order valence-corrected chi connectivity index (χ2v) is 8.06. The molecule has 0 bridgehead atoms. The van der Waals surface area contributed by atoms with Crippen LogP contribution in [0.15, 0.2) is 0 Å². The van der Waals surface area contributed by atoms with Gasteiger partial charge in [-0.3, -0.25) is 4.79 Å². The lowest BCUT2D eigenvalue weighted by atomic mass is 9.87. The van der Waals surface area contributed by atoms with Gasteiger partial charge in [-0.25, -0.2) is 0 Å². The van der Waals surface area contributed by atoms with Gasteiger partial charge in [0.2, 0.25) is 5.91 Å². The summed E-state index contributed by atoms with van der Waals surface area (Å²) >= 11 is 5.25. The quantitative estimate of drug-likeness (QED) is 0.776. The minimum Gasteiger partial charge on any atom is -0.391 e. The predicted octanol–water partition coefficient (Wildman–Crippen LogP) is 1.54. The summed E-state index contributed by atoms with van der Waals surface area (Å²) in [4.78, 5) is 15.3. The number of piperidine rings is 1. The molecule has 0 atom stereocenters. The number of nitrogens with one attached hydrogen (secondary N) is 1. The number of thiocarbonyl (C=S) groups is 1. The standard InChI is InChI=1S/C15H27N3OS/c1-13(2)10(14(13,3)4)11(19)17-15(12(16)20)6-8-18(5)9-7-15/h10H,6-9H2,1-5H3,(H2,16,20)(H,17,19). The smallest absolute Gasteiger partial charge is 0.225 e. The maximum atomic E-state index is 12.7. The van der Waals surface area contributed by atoms with Crippen LogP contribution in [0.3, 0.4) is 0 Å². The molecule has 3 N–H and O–H groups in total. The van der Waals surface area contributed by atoms with Gasteiger partial charge < -0.3 is 16.0 Å². The minimum absolute atomic E-state index is 0.0416. The van der Waals surface area contributed by atoms with Gasteiger partial charge in [-0.1, -0.05) is 39.9 Å². The van der Waals surface area contributed by atoms with E-state index in [1.165, 1.54) is 0 Å². The summed E-state index contributed by atoms with van der Waals surface area (Å²) in [6.07, 6.45) is 1.61. The van der Waals surface area contributed by atoms with Crippen molar-refractivity contribution in [1.82, 2.24) is 10.2 Å². The summed E-state index contributed by atoms with van der Waals surface area (Å²) in [5.74, 6) is 0.151. The number of hydrogen-bond donors (Lipinski definition) is 2. The van der Waals surface area contributed by atoms with Crippen molar-refractivity contribution in [3.05, 3.63) is 0 Å². The zero-order valence-corrected chi connectivity index (χ0v) is 14.1. The van der Waals surface area contributed by atoms with Crippen LogP contribution in [0, 0.1) is 16.7 Å². The molecule has 114 valence electrons. The van der Waals surface area contributed by atoms with Crippen LogP contribution in [-0.2, 0) is 4.79 Å². The van der Waals surface area contributed by atoms with E-state index in [0.717, 1.165) is 25.9 Å². The Morgan fingerprint density at radius 1 is 1.20 bits per heavy atom. The van der Waals surface area contributed by atoms with E-state index in [1.54, 1.807) is 0 Å². The maximum Gasteiger partial charge on any atom is 0.225 e. The molecule has 2 rings (SSSR count). The predicted molar refractivity (Wildman–Crippen MR) is 85.4 cm³/mol. The Balaban J connectivity index is 2.11. The third-order valence-corrected chi connectivity index (χ3v) is 6.35. The van der Waals surface area contributed by atoms with Gasteiger partial charge in [-0.15, -0.1) is 0 Å². The summed E-state index contributed by atoms with van der Waals surface area (Å²) in [7, 11) is 2.08. The molecule has 5 heteroatoms. The van der Waals surface area contributed by atoms with E-state index in [9.17, 15) is 4.79 Å². The highest BCUT2D eigenvalue weighted by molar-refractivity contribution is 7.80. The van der Waals surface area contributed by atoms with Crippen molar-refractivity contribution >= 4 is 23.1 Å². The van der Waals surface area contributed by atoms with Crippen LogP contribution >= 0.6 is 12.2 Å². The molecule has 1 saturated heterocycles. The molecular weight excluding hydrogens is 270 g/mol. The van der Waals surface area contributed by atoms with Crippen molar-refractivity contribution in [3.63, 3.8) is 0 Å². The van der Waals surface area contributed by atoms with Crippen LogP contribution in [-0.4, -0.2) is 41.5 Å². The van der Waals surface area contributed by atoms with Crippen LogP contribution in [0.4, 0.5) is 0 Å². The van der Waals surface area contributed by atoms with Gasteiger partial charge in [0.05, 0.1) is 10.5 Å². The topological polar surface area (TPSA) is 58.4 Å². The number of rotatable bonds is 3. The lowest BCUT2D eigenvalue weighted by Crippen LogP contribution is -2.61. The molecule has 1 saturated carbocycles. The van der Waals surface area contributed by atoms with Crippen molar-refractivity contribution in [2.45, 2.75) is 46.1 Å². The van der Waals surface area contributed by atoms with Gasteiger partial charge in [0.15, 0.2) is 0 Å². The normalized spacial score (nSPS) is 27.9. The van der Waals surface area contributed by atoms with Gasteiger partial charge in [0.1, 0.15) is 0 Å². The van der Waals surface area contributed by atoms with E-state index < -0.39 is 5.54 Å². The Bertz CT molecular complexity index is 422. The molecule has 1 amide bonds. The number of carbonyl (C=O) groups excluding carboxylic acids is 1. The molecule has 0 aromatic heterocycles. The first-order valence-corrected chi connectivity index (χ1v) is 7.76. The molecule has 0 aromatic carbocycles. The summed E-state index contributed by atoms with van der Waals surface area (Å²) in [6.45, 7) is 10.4. The number of amides is 1. The van der Waals surface area contributed by atoms with E-state index in [0.29, 0.717) is 4.99 Å². The molecule has 0 radical (unpaired) electrons. The van der Waals surface area contributed by atoms with Crippen molar-refractivity contribution < 1.29 is 4.79 Å². The number of hydrogen-bond acceptors (Lipinski definition) is 3. The summed E-state index contributed by atoms with van der Waals surface area (Å²) < 4.78 is 0. The first kappa shape index (κ1) is 15.7. The van der Waals surface area contributed by atoms with E-state index in [1.807, 2.05) is 0 Å². The average molecular weight is 297 g/mol. The van der Waals surface area contributed by atoms with Crippen LogP contribution < -0.4 is 11.1 Å². The van der Waals surface area contributed by atoms with Gasteiger partial charge in [0, 0.05) is 19.0 Å². The molecule has 0 spiro atoms. The first-order valence-electron chi connectivity index (χ1n) is 7.35. The molecule has 2 aliphatic rings. The molecule has 0 unspecified atom stereocenters. The van der Waals surface area contributed by atoms with Crippen molar-refractivity contribution in [3.8, 4) is 0 Å². The highest BCUT2D eigenvalue weighted by Crippen LogP contribution is 2.68. The second-order valence-electron chi connectivity index (χ2n) is 7.62. The van der Waals surface area contributed by atoms with E-state index in [2.05, 4.69) is 45.0 Å². The number of carbonyl (C=O) groups is 1. The van der Waals surface area contributed by atoms with Gasteiger partial charge in [-0.2, -0.15) is 0 Å². The van der Waals surface area contributed by atoms with Crippen molar-refractivity contribution in [2.75, 3.05) is 20.1 Å². The Kier molecular flexibility index (Phi) is 3.66. The lowest BCUT2D eigenvalue weighted by molar-refractivity contribution is -0.125. The van der Waals surface area contributed by atoms with Crippen LogP contribution in [0.1, 0.15) is 40.5 Å². The Morgan fingerprint density at radius 3 is 2.00 bits per heavy atom. The summed E-state index contributed by atoms with van der Waals surface area (Å²) in [5, 5.41) is 3.19. The molecule has 1 heterocycles. The molecule has 0 aromatic rings. The molecule has 1 aliphatic heterocycles. The maximum absolute atomic E-state index is 12.7. The first-order chi connectivity index (χ1) is 9.04. The highest BCUT2D eigenvalue weighted by Gasteiger charge is 2.68. The molecule has 2 fully saturated rings. The fraction of sp³-hybridized carbons (Fsp3) is 0.867. The van der Waals surface area contributed by atoms with E-state index in [4.69, 9.17) is 18.0 Å². The fourth-order valence-electron chi connectivity index (χ4n) is 3.59. The lowest BCUT2D eigenvalue weighted by Gasteiger charge is -2.40. The van der Waals surface area contributed by atoms with Crippen LogP contribution in [0.25, 0.3) is 0 Å². The third-order valence-electron chi connectivity index (χ3n) is 5.96. The molecule has 1 aliphatic carbocycles. The number of nitrogens with two attached hydrogens (primary N) is 1. The number of likely N-dealkylation sites (tertiary alicyclic amines) is 1. The van der Waals surface area contributed by atoms with Gasteiger partial charge in [-0.05, 0) is 30.7 Å². The highest BCUT2D eigenvalue weighted by atomic mass is 32.1. The largest absolute Gasteiger partial charge is 0.391 e. The van der Waals surface area contributed by atoms with Crippen molar-refractivity contribution in [1.29, 1.82) is 0 Å². The fourth-order valence-corrected chi connectivity index (χ4v) is 3.85. The van der Waals surface area contributed by atoms with Crippen LogP contribution in [0.2, 0.25) is 0 Å². The van der Waals surface area contributed by atoms with Gasteiger partial charge >= 0.3 is 0 Å². The van der Waals surface area contributed by atoms with Crippen LogP contribution in [0.5, 0.6) is 0 Å². The number of nitrogens with zero attached hydrogens (tertiary/aromatic N) is 1. The molecular formula is C15H27N3OS. The Morgan fingerprint density at radius 2 is 1.65 bits per heavy atom. The van der Waals surface area contributed by atoms with E-state index in [-0.39, 0.29) is 22.7 Å². The van der Waals surface area contributed by atoms with Crippen molar-refractivity contribution in [2.24, 2.45) is 22.5 Å². The van der Waals surface area contributed by atoms with Gasteiger partial charge in [0.25, 0.3) is 0 Å². The second kappa shape index (κ2) is 4.67. The zero-order chi connectivity index (χ0) is 15.3. The Hall–Kier alpha value is -0.680. The summed E-state index contributed by atoms with van der Waals surface area (Å²) in [5.41, 5.74) is 5.54.